The first-order chi connectivity index (χ1) is 15.2. The minimum atomic E-state index is 0.0528. The molecular formula is C25H26N4O2. The van der Waals surface area contributed by atoms with E-state index in [9.17, 15) is 4.79 Å². The Bertz CT molecular complexity index is 1160. The molecule has 0 spiro atoms. The number of likely N-dealkylation sites (tertiary alicyclic amines) is 1. The molecular weight excluding hydrogens is 388 g/mol. The second kappa shape index (κ2) is 8.38. The molecule has 158 valence electrons. The summed E-state index contributed by atoms with van der Waals surface area (Å²) >= 11 is 0. The summed E-state index contributed by atoms with van der Waals surface area (Å²) in [4.78, 5) is 20.0. The number of hydrogen-bond acceptors (Lipinski definition) is 4. The minimum Gasteiger partial charge on any atom is -0.440 e. The zero-order chi connectivity index (χ0) is 21.2. The third-order valence-electron chi connectivity index (χ3n) is 6.06. The van der Waals surface area contributed by atoms with Crippen molar-refractivity contribution in [1.29, 1.82) is 0 Å². The van der Waals surface area contributed by atoms with E-state index in [-0.39, 0.29) is 11.8 Å². The van der Waals surface area contributed by atoms with Gasteiger partial charge in [-0.05, 0) is 37.0 Å². The molecule has 1 aliphatic heterocycles. The molecule has 6 nitrogen and oxygen atoms in total. The van der Waals surface area contributed by atoms with Crippen LogP contribution in [-0.4, -0.2) is 38.7 Å². The number of carbonyl (C=O) groups is 1. The molecule has 0 saturated carbocycles. The van der Waals surface area contributed by atoms with Gasteiger partial charge in [0, 0.05) is 13.1 Å². The molecule has 0 radical (unpaired) electrons. The van der Waals surface area contributed by atoms with Crippen LogP contribution < -0.4 is 0 Å². The summed E-state index contributed by atoms with van der Waals surface area (Å²) < 4.78 is 7.94. The number of aromatic nitrogens is 3. The van der Waals surface area contributed by atoms with Crippen LogP contribution in [-0.2, 0) is 13.0 Å². The van der Waals surface area contributed by atoms with Crippen molar-refractivity contribution in [3.8, 4) is 0 Å². The van der Waals surface area contributed by atoms with E-state index >= 15 is 0 Å². The highest BCUT2D eigenvalue weighted by atomic mass is 16.3. The maximum Gasteiger partial charge on any atom is 0.257 e. The van der Waals surface area contributed by atoms with Gasteiger partial charge < -0.3 is 9.32 Å². The first-order valence-corrected chi connectivity index (χ1v) is 11.0. The molecule has 3 heterocycles. The summed E-state index contributed by atoms with van der Waals surface area (Å²) in [7, 11) is 0. The molecule has 4 aromatic rings. The van der Waals surface area contributed by atoms with E-state index in [1.54, 1.807) is 6.20 Å². The number of fused-ring (bicyclic) bond motifs is 1. The van der Waals surface area contributed by atoms with Gasteiger partial charge in [-0.15, -0.1) is 0 Å². The highest BCUT2D eigenvalue weighted by Crippen LogP contribution is 2.30. The third kappa shape index (κ3) is 3.85. The second-order valence-electron chi connectivity index (χ2n) is 8.11. The summed E-state index contributed by atoms with van der Waals surface area (Å²) in [6.07, 6.45) is 4.41. The summed E-state index contributed by atoms with van der Waals surface area (Å²) in [6.45, 7) is 4.12. The lowest BCUT2D eigenvalue weighted by atomic mass is 9.97. The standard InChI is InChI=1S/C25H26N4O2/c1-2-22-20(15-26-29(22)16-18-9-4-3-5-10-18)25(30)28-14-8-11-19(17-28)24-27-21-12-6-7-13-23(21)31-24/h3-7,9-10,12-13,15,19H,2,8,11,14,16-17H2,1H3. The molecule has 2 aromatic carbocycles. The molecule has 1 unspecified atom stereocenters. The second-order valence-corrected chi connectivity index (χ2v) is 8.11. The average molecular weight is 415 g/mol. The van der Waals surface area contributed by atoms with Crippen molar-refractivity contribution < 1.29 is 9.21 Å². The van der Waals surface area contributed by atoms with Crippen LogP contribution in [0.15, 0.2) is 65.2 Å². The summed E-state index contributed by atoms with van der Waals surface area (Å²) in [6, 6.07) is 18.0. The Hall–Kier alpha value is -3.41. The van der Waals surface area contributed by atoms with Crippen molar-refractivity contribution in [3.63, 3.8) is 0 Å². The van der Waals surface area contributed by atoms with Crippen LogP contribution in [0, 0.1) is 0 Å². The predicted molar refractivity (Wildman–Crippen MR) is 119 cm³/mol. The number of oxazole rings is 1. The van der Waals surface area contributed by atoms with Gasteiger partial charge in [-0.3, -0.25) is 9.48 Å². The van der Waals surface area contributed by atoms with Gasteiger partial charge in [0.2, 0.25) is 0 Å². The number of nitrogens with zero attached hydrogens (tertiary/aromatic N) is 4. The molecule has 2 aromatic heterocycles. The maximum absolute atomic E-state index is 13.4. The molecule has 0 aliphatic carbocycles. The molecule has 5 rings (SSSR count). The molecule has 0 N–H and O–H groups in total. The van der Waals surface area contributed by atoms with E-state index in [1.165, 1.54) is 5.56 Å². The van der Waals surface area contributed by atoms with Crippen molar-refractivity contribution in [2.45, 2.75) is 38.6 Å². The van der Waals surface area contributed by atoms with Crippen LogP contribution >= 0.6 is 0 Å². The Labute approximate surface area is 181 Å². The quantitative estimate of drug-likeness (QED) is 0.477. The van der Waals surface area contributed by atoms with Crippen LogP contribution in [0.5, 0.6) is 0 Å². The lowest BCUT2D eigenvalue weighted by Crippen LogP contribution is -2.39. The van der Waals surface area contributed by atoms with Gasteiger partial charge in [-0.1, -0.05) is 49.4 Å². The monoisotopic (exact) mass is 414 g/mol. The molecule has 31 heavy (non-hydrogen) atoms. The zero-order valence-electron chi connectivity index (χ0n) is 17.7. The average Bonchev–Trinajstić information content (AvgIpc) is 3.43. The van der Waals surface area contributed by atoms with E-state index in [4.69, 9.17) is 4.42 Å². The number of carbonyl (C=O) groups excluding carboxylic acids is 1. The largest absolute Gasteiger partial charge is 0.440 e. The van der Waals surface area contributed by atoms with Crippen molar-refractivity contribution in [1.82, 2.24) is 19.7 Å². The third-order valence-corrected chi connectivity index (χ3v) is 6.06. The van der Waals surface area contributed by atoms with E-state index < -0.39 is 0 Å². The predicted octanol–water partition coefficient (Wildman–Crippen LogP) is 4.65. The normalized spacial score (nSPS) is 16.7. The highest BCUT2D eigenvalue weighted by molar-refractivity contribution is 5.95. The molecule has 1 atom stereocenters. The van der Waals surface area contributed by atoms with Crippen LogP contribution in [0.3, 0.4) is 0 Å². The number of amides is 1. The van der Waals surface area contributed by atoms with Crippen LogP contribution in [0.25, 0.3) is 11.1 Å². The fourth-order valence-corrected chi connectivity index (χ4v) is 4.45. The van der Waals surface area contributed by atoms with Crippen molar-refractivity contribution >= 4 is 17.0 Å². The minimum absolute atomic E-state index is 0.0528. The number of benzene rings is 2. The van der Waals surface area contributed by atoms with E-state index in [1.807, 2.05) is 52.0 Å². The molecule has 0 bridgehead atoms. The molecule has 1 aliphatic rings. The lowest BCUT2D eigenvalue weighted by Gasteiger charge is -2.31. The van der Waals surface area contributed by atoms with Crippen molar-refractivity contribution in [2.75, 3.05) is 13.1 Å². The fourth-order valence-electron chi connectivity index (χ4n) is 4.45. The Morgan fingerprint density at radius 1 is 1.13 bits per heavy atom. The van der Waals surface area contributed by atoms with Gasteiger partial charge in [0.25, 0.3) is 5.91 Å². The number of piperidine rings is 1. The van der Waals surface area contributed by atoms with E-state index in [0.29, 0.717) is 18.7 Å². The Morgan fingerprint density at radius 3 is 2.74 bits per heavy atom. The van der Waals surface area contributed by atoms with E-state index in [0.717, 1.165) is 48.5 Å². The highest BCUT2D eigenvalue weighted by Gasteiger charge is 2.30. The van der Waals surface area contributed by atoms with E-state index in [2.05, 4.69) is 29.1 Å². The van der Waals surface area contributed by atoms with Gasteiger partial charge >= 0.3 is 0 Å². The number of para-hydroxylation sites is 2. The summed E-state index contributed by atoms with van der Waals surface area (Å²) in [5, 5.41) is 4.54. The lowest BCUT2D eigenvalue weighted by molar-refractivity contribution is 0.0697. The first kappa shape index (κ1) is 19.5. The number of hydrogen-bond donors (Lipinski definition) is 0. The van der Waals surface area contributed by atoms with Gasteiger partial charge in [0.05, 0.1) is 29.9 Å². The molecule has 1 fully saturated rings. The Kier molecular flexibility index (Phi) is 5.28. The first-order valence-electron chi connectivity index (χ1n) is 11.0. The van der Waals surface area contributed by atoms with Gasteiger partial charge in [0.1, 0.15) is 5.52 Å². The SMILES string of the molecule is CCc1c(C(=O)N2CCCC(c3nc4ccccc4o3)C2)cnn1Cc1ccccc1. The van der Waals surface area contributed by atoms with Crippen LogP contribution in [0.1, 0.15) is 53.2 Å². The van der Waals surface area contributed by atoms with Gasteiger partial charge in [-0.2, -0.15) is 5.10 Å². The zero-order valence-corrected chi connectivity index (χ0v) is 17.7. The Morgan fingerprint density at radius 2 is 1.94 bits per heavy atom. The fraction of sp³-hybridized carbons (Fsp3) is 0.320. The topological polar surface area (TPSA) is 64.2 Å². The van der Waals surface area contributed by atoms with Gasteiger partial charge in [0.15, 0.2) is 11.5 Å². The smallest absolute Gasteiger partial charge is 0.257 e. The Balaban J connectivity index is 1.36. The van der Waals surface area contributed by atoms with Crippen molar-refractivity contribution in [2.24, 2.45) is 0 Å². The summed E-state index contributed by atoms with van der Waals surface area (Å²) in [5.41, 5.74) is 4.54. The molecule has 6 heteroatoms. The summed E-state index contributed by atoms with van der Waals surface area (Å²) in [5.74, 6) is 0.903. The maximum atomic E-state index is 13.4. The molecule has 1 amide bonds. The molecule has 1 saturated heterocycles. The van der Waals surface area contributed by atoms with Crippen LogP contribution in [0.4, 0.5) is 0 Å². The van der Waals surface area contributed by atoms with Crippen molar-refractivity contribution in [3.05, 3.63) is 83.5 Å². The van der Waals surface area contributed by atoms with Crippen LogP contribution in [0.2, 0.25) is 0 Å². The van der Waals surface area contributed by atoms with Gasteiger partial charge in [-0.25, -0.2) is 4.98 Å². The number of rotatable bonds is 5.